The highest BCUT2D eigenvalue weighted by atomic mass is 15.2. The quantitative estimate of drug-likeness (QED) is 0.471. The fourth-order valence-corrected chi connectivity index (χ4v) is 0.807. The summed E-state index contributed by atoms with van der Waals surface area (Å²) in [7, 11) is 0. The molecule has 0 N–H and O–H groups in total. The van der Waals surface area contributed by atoms with Crippen molar-refractivity contribution < 1.29 is 0 Å². The van der Waals surface area contributed by atoms with Crippen molar-refractivity contribution in [3.05, 3.63) is 0 Å². The Hall–Kier alpha value is -0.660. The van der Waals surface area contributed by atoms with Gasteiger partial charge >= 0.3 is 0 Å². The van der Waals surface area contributed by atoms with Gasteiger partial charge in [-0.25, -0.2) is 0 Å². The fraction of sp³-hybridized carbons (Fsp3) is 0.714. The van der Waals surface area contributed by atoms with Crippen molar-refractivity contribution in [3.8, 4) is 0 Å². The van der Waals surface area contributed by atoms with Gasteiger partial charge in [0.1, 0.15) is 0 Å². The van der Waals surface area contributed by atoms with E-state index in [0.717, 1.165) is 12.1 Å². The van der Waals surface area contributed by atoms with E-state index < -0.39 is 0 Å². The third-order valence-electron chi connectivity index (χ3n) is 1.51. The molecule has 0 saturated carbocycles. The van der Waals surface area contributed by atoms with E-state index in [2.05, 4.69) is 17.1 Å². The molecule has 0 bridgehead atoms. The highest BCUT2D eigenvalue weighted by Gasteiger charge is 2.02. The van der Waals surface area contributed by atoms with E-state index in [-0.39, 0.29) is 0 Å². The van der Waals surface area contributed by atoms with Crippen LogP contribution in [0, 0.1) is 5.92 Å². The minimum Gasteiger partial charge on any atom is -0.163 e. The van der Waals surface area contributed by atoms with Crippen molar-refractivity contribution in [1.29, 1.82) is 0 Å². The Morgan fingerprint density at radius 3 is 3.22 bits per heavy atom. The summed E-state index contributed by atoms with van der Waals surface area (Å²) in [5, 5.41) is 7.86. The minimum atomic E-state index is 0.603. The van der Waals surface area contributed by atoms with Crippen LogP contribution in [0.3, 0.4) is 0 Å². The van der Waals surface area contributed by atoms with Crippen LogP contribution < -0.4 is 0 Å². The normalized spacial score (nSPS) is 27.3. The summed E-state index contributed by atoms with van der Waals surface area (Å²) in [5.74, 6) is 0.603. The van der Waals surface area contributed by atoms with Gasteiger partial charge in [-0.2, -0.15) is 10.2 Å². The Morgan fingerprint density at radius 1 is 1.67 bits per heavy atom. The van der Waals surface area contributed by atoms with Gasteiger partial charge in [0.15, 0.2) is 0 Å². The first-order valence-electron chi connectivity index (χ1n) is 3.35. The summed E-state index contributed by atoms with van der Waals surface area (Å²) < 4.78 is 0. The second-order valence-corrected chi connectivity index (χ2v) is 2.62. The van der Waals surface area contributed by atoms with Crippen molar-refractivity contribution in [2.75, 3.05) is 0 Å². The lowest BCUT2D eigenvalue weighted by Crippen LogP contribution is -1.95. The Bertz CT molecular complexity index is 147. The average molecular weight is 124 g/mol. The summed E-state index contributed by atoms with van der Waals surface area (Å²) in [5.41, 5.74) is 1.15. The van der Waals surface area contributed by atoms with Crippen LogP contribution >= 0.6 is 0 Å². The Kier molecular flexibility index (Phi) is 1.98. The zero-order valence-electron chi connectivity index (χ0n) is 5.96. The van der Waals surface area contributed by atoms with Gasteiger partial charge in [0.05, 0.1) is 0 Å². The predicted molar refractivity (Wildman–Crippen MR) is 40.0 cm³/mol. The third-order valence-corrected chi connectivity index (χ3v) is 1.51. The molecule has 2 nitrogen and oxygen atoms in total. The second-order valence-electron chi connectivity index (χ2n) is 2.62. The van der Waals surface area contributed by atoms with Crippen LogP contribution in [0.15, 0.2) is 10.2 Å². The molecule has 50 valence electrons. The van der Waals surface area contributed by atoms with Crippen molar-refractivity contribution >= 4 is 11.9 Å². The van der Waals surface area contributed by atoms with Gasteiger partial charge in [-0.3, -0.25) is 0 Å². The summed E-state index contributed by atoms with van der Waals surface area (Å²) in [6.45, 7) is 4.19. The highest BCUT2D eigenvalue weighted by molar-refractivity contribution is 5.83. The molecule has 1 aliphatic rings. The Labute approximate surface area is 55.7 Å². The number of nitrogens with zero attached hydrogens (tertiary/aromatic N) is 2. The molecule has 9 heavy (non-hydrogen) atoms. The molecule has 0 saturated heterocycles. The fourth-order valence-electron chi connectivity index (χ4n) is 0.807. The molecule has 1 rings (SSSR count). The SMILES string of the molecule is CC1=NN=CC(C)CC1. The maximum atomic E-state index is 3.96. The highest BCUT2D eigenvalue weighted by Crippen LogP contribution is 2.07. The van der Waals surface area contributed by atoms with E-state index in [9.17, 15) is 0 Å². The molecule has 0 aromatic heterocycles. The Balaban J connectivity index is 2.55. The summed E-state index contributed by atoms with van der Waals surface area (Å²) in [4.78, 5) is 0. The first-order valence-corrected chi connectivity index (χ1v) is 3.35. The molecule has 2 heteroatoms. The molecule has 0 aliphatic carbocycles. The largest absolute Gasteiger partial charge is 0.163 e. The van der Waals surface area contributed by atoms with Crippen molar-refractivity contribution in [2.45, 2.75) is 26.7 Å². The zero-order chi connectivity index (χ0) is 6.69. The van der Waals surface area contributed by atoms with Crippen molar-refractivity contribution in [2.24, 2.45) is 16.1 Å². The monoisotopic (exact) mass is 124 g/mol. The molecule has 1 atom stereocenters. The lowest BCUT2D eigenvalue weighted by atomic mass is 10.1. The zero-order valence-corrected chi connectivity index (χ0v) is 5.96. The van der Waals surface area contributed by atoms with Crippen LogP contribution in [0.5, 0.6) is 0 Å². The molecule has 1 unspecified atom stereocenters. The number of hydrogen-bond acceptors (Lipinski definition) is 2. The molecule has 0 spiro atoms. The van der Waals surface area contributed by atoms with E-state index in [1.807, 2.05) is 13.1 Å². The number of hydrogen-bond donors (Lipinski definition) is 0. The summed E-state index contributed by atoms with van der Waals surface area (Å²) in [6, 6.07) is 0. The van der Waals surface area contributed by atoms with Crippen LogP contribution in [-0.4, -0.2) is 11.9 Å². The van der Waals surface area contributed by atoms with Gasteiger partial charge in [0.25, 0.3) is 0 Å². The van der Waals surface area contributed by atoms with Gasteiger partial charge in [0.2, 0.25) is 0 Å². The average Bonchev–Trinajstić information content (AvgIpc) is 1.97. The van der Waals surface area contributed by atoms with Crippen LogP contribution in [-0.2, 0) is 0 Å². The lowest BCUT2D eigenvalue weighted by molar-refractivity contribution is 0.725. The van der Waals surface area contributed by atoms with Gasteiger partial charge in [-0.1, -0.05) is 6.92 Å². The first kappa shape index (κ1) is 6.46. The second kappa shape index (κ2) is 2.76. The van der Waals surface area contributed by atoms with Crippen LogP contribution in [0.25, 0.3) is 0 Å². The molecule has 0 amide bonds. The maximum absolute atomic E-state index is 3.96. The molecule has 1 aliphatic heterocycles. The third kappa shape index (κ3) is 1.96. The molecule has 0 aromatic rings. The standard InChI is InChI=1S/C7H12N2/c1-6-3-4-7(2)9-8-5-6/h5-6H,3-4H2,1-2H3. The Morgan fingerprint density at radius 2 is 2.44 bits per heavy atom. The number of rotatable bonds is 0. The lowest BCUT2D eigenvalue weighted by Gasteiger charge is -1.98. The van der Waals surface area contributed by atoms with Gasteiger partial charge in [-0.15, -0.1) is 0 Å². The minimum absolute atomic E-state index is 0.603. The molecule has 0 fully saturated rings. The molecule has 0 aromatic carbocycles. The molecule has 1 heterocycles. The topological polar surface area (TPSA) is 24.7 Å². The maximum Gasteiger partial charge on any atom is 0.0375 e. The first-order chi connectivity index (χ1) is 4.29. The summed E-state index contributed by atoms with van der Waals surface area (Å²) in [6.07, 6.45) is 4.20. The van der Waals surface area contributed by atoms with Crippen LogP contribution in [0.2, 0.25) is 0 Å². The smallest absolute Gasteiger partial charge is 0.0375 e. The van der Waals surface area contributed by atoms with Crippen molar-refractivity contribution in [3.63, 3.8) is 0 Å². The van der Waals surface area contributed by atoms with E-state index >= 15 is 0 Å². The van der Waals surface area contributed by atoms with Crippen LogP contribution in [0.4, 0.5) is 0 Å². The van der Waals surface area contributed by atoms with Gasteiger partial charge < -0.3 is 0 Å². The van der Waals surface area contributed by atoms with E-state index in [0.29, 0.717) is 5.92 Å². The molecule has 0 radical (unpaired) electrons. The predicted octanol–water partition coefficient (Wildman–Crippen LogP) is 1.86. The summed E-state index contributed by atoms with van der Waals surface area (Å²) >= 11 is 0. The van der Waals surface area contributed by atoms with Gasteiger partial charge in [0, 0.05) is 11.9 Å². The van der Waals surface area contributed by atoms with Crippen molar-refractivity contribution in [1.82, 2.24) is 0 Å². The molecular weight excluding hydrogens is 112 g/mol. The van der Waals surface area contributed by atoms with Gasteiger partial charge in [-0.05, 0) is 25.7 Å². The van der Waals surface area contributed by atoms with Crippen LogP contribution in [0.1, 0.15) is 26.7 Å². The van der Waals surface area contributed by atoms with E-state index in [4.69, 9.17) is 0 Å². The van der Waals surface area contributed by atoms with E-state index in [1.54, 1.807) is 0 Å². The van der Waals surface area contributed by atoms with E-state index in [1.165, 1.54) is 6.42 Å². The molecular formula is C7H12N2.